The summed E-state index contributed by atoms with van der Waals surface area (Å²) < 4.78 is 10.5. The van der Waals surface area contributed by atoms with Crippen LogP contribution in [0.25, 0.3) is 0 Å². The fourth-order valence-electron chi connectivity index (χ4n) is 2.29. The molecule has 2 N–H and O–H groups in total. The average molecular weight is 250 g/mol. The highest BCUT2D eigenvalue weighted by Gasteiger charge is 2.12. The second kappa shape index (κ2) is 6.50. The van der Waals surface area contributed by atoms with Gasteiger partial charge in [-0.2, -0.15) is 0 Å². The van der Waals surface area contributed by atoms with Gasteiger partial charge < -0.3 is 20.1 Å². The van der Waals surface area contributed by atoms with Crippen molar-refractivity contribution in [2.75, 3.05) is 39.2 Å². The van der Waals surface area contributed by atoms with Gasteiger partial charge in [0, 0.05) is 18.3 Å². The molecule has 100 valence electrons. The first-order valence-electron chi connectivity index (χ1n) is 6.50. The first-order chi connectivity index (χ1) is 8.83. The minimum atomic E-state index is 0.763. The van der Waals surface area contributed by atoms with Crippen molar-refractivity contribution in [1.29, 1.82) is 0 Å². The number of hydrogen-bond acceptors (Lipinski definition) is 4. The van der Waals surface area contributed by atoms with Gasteiger partial charge in [0.1, 0.15) is 0 Å². The van der Waals surface area contributed by atoms with Crippen LogP contribution < -0.4 is 20.1 Å². The lowest BCUT2D eigenvalue weighted by atomic mass is 9.98. The van der Waals surface area contributed by atoms with Gasteiger partial charge in [-0.15, -0.1) is 0 Å². The van der Waals surface area contributed by atoms with E-state index >= 15 is 0 Å². The quantitative estimate of drug-likeness (QED) is 0.840. The van der Waals surface area contributed by atoms with Crippen LogP contribution in [-0.2, 0) is 0 Å². The Morgan fingerprint density at radius 2 is 1.89 bits per heavy atom. The zero-order valence-corrected chi connectivity index (χ0v) is 11.2. The highest BCUT2D eigenvalue weighted by atomic mass is 16.5. The summed E-state index contributed by atoms with van der Waals surface area (Å²) in [5, 5.41) is 6.86. The van der Waals surface area contributed by atoms with Crippen LogP contribution in [0, 0.1) is 5.92 Å². The summed E-state index contributed by atoms with van der Waals surface area (Å²) >= 11 is 0. The summed E-state index contributed by atoms with van der Waals surface area (Å²) in [7, 11) is 3.31. The van der Waals surface area contributed by atoms with Crippen LogP contribution in [0.1, 0.15) is 12.8 Å². The van der Waals surface area contributed by atoms with Crippen molar-refractivity contribution in [1.82, 2.24) is 5.32 Å². The van der Waals surface area contributed by atoms with Crippen molar-refractivity contribution in [2.24, 2.45) is 5.92 Å². The smallest absolute Gasteiger partial charge is 0.162 e. The van der Waals surface area contributed by atoms with E-state index < -0.39 is 0 Å². The van der Waals surface area contributed by atoms with Crippen molar-refractivity contribution >= 4 is 5.69 Å². The van der Waals surface area contributed by atoms with E-state index in [-0.39, 0.29) is 0 Å². The van der Waals surface area contributed by atoms with Crippen molar-refractivity contribution < 1.29 is 9.47 Å². The molecule has 0 amide bonds. The molecule has 0 saturated carbocycles. The minimum Gasteiger partial charge on any atom is -0.493 e. The minimum absolute atomic E-state index is 0.763. The summed E-state index contributed by atoms with van der Waals surface area (Å²) in [4.78, 5) is 0. The summed E-state index contributed by atoms with van der Waals surface area (Å²) in [5.74, 6) is 2.30. The Balaban J connectivity index is 1.92. The first-order valence-corrected chi connectivity index (χ1v) is 6.50. The number of benzene rings is 1. The molecule has 4 heteroatoms. The molecule has 0 unspecified atom stereocenters. The van der Waals surface area contributed by atoms with Gasteiger partial charge in [-0.1, -0.05) is 0 Å². The predicted molar refractivity (Wildman–Crippen MR) is 73.6 cm³/mol. The van der Waals surface area contributed by atoms with Crippen molar-refractivity contribution in [3.63, 3.8) is 0 Å². The third kappa shape index (κ3) is 3.29. The maximum absolute atomic E-state index is 5.29. The maximum atomic E-state index is 5.29. The summed E-state index contributed by atoms with van der Waals surface area (Å²) in [5.41, 5.74) is 1.09. The normalized spacial score (nSPS) is 16.3. The average Bonchev–Trinajstić information content (AvgIpc) is 2.45. The lowest BCUT2D eigenvalue weighted by Crippen LogP contribution is -2.31. The molecule has 1 saturated heterocycles. The van der Waals surface area contributed by atoms with Crippen LogP contribution in [0.2, 0.25) is 0 Å². The van der Waals surface area contributed by atoms with Crippen LogP contribution in [0.5, 0.6) is 11.5 Å². The molecule has 1 aromatic carbocycles. The summed E-state index contributed by atoms with van der Waals surface area (Å²) in [6.45, 7) is 3.30. The number of rotatable bonds is 5. The lowest BCUT2D eigenvalue weighted by Gasteiger charge is -2.23. The van der Waals surface area contributed by atoms with Crippen molar-refractivity contribution in [3.8, 4) is 11.5 Å². The second-order valence-electron chi connectivity index (χ2n) is 4.64. The van der Waals surface area contributed by atoms with Gasteiger partial charge in [0.2, 0.25) is 0 Å². The van der Waals surface area contributed by atoms with Crippen LogP contribution >= 0.6 is 0 Å². The Bertz CT molecular complexity index is 376. The largest absolute Gasteiger partial charge is 0.493 e. The highest BCUT2D eigenvalue weighted by molar-refractivity contribution is 5.54. The Morgan fingerprint density at radius 3 is 2.56 bits per heavy atom. The molecule has 1 fully saturated rings. The van der Waals surface area contributed by atoms with Gasteiger partial charge in [0.15, 0.2) is 11.5 Å². The standard InChI is InChI=1S/C14H22N2O2/c1-17-13-4-3-12(9-14(13)18-2)16-10-11-5-7-15-8-6-11/h3-4,9,11,15-16H,5-8,10H2,1-2H3. The molecule has 18 heavy (non-hydrogen) atoms. The van der Waals surface area contributed by atoms with Gasteiger partial charge in [-0.3, -0.25) is 0 Å². The third-order valence-electron chi connectivity index (χ3n) is 3.44. The molecular weight excluding hydrogens is 228 g/mol. The van der Waals surface area contributed by atoms with E-state index in [1.165, 1.54) is 12.8 Å². The van der Waals surface area contributed by atoms with Crippen LogP contribution in [0.3, 0.4) is 0 Å². The third-order valence-corrected chi connectivity index (χ3v) is 3.44. The van der Waals surface area contributed by atoms with E-state index in [2.05, 4.69) is 10.6 Å². The molecule has 0 atom stereocenters. The first kappa shape index (κ1) is 13.0. The fourth-order valence-corrected chi connectivity index (χ4v) is 2.29. The van der Waals surface area contributed by atoms with E-state index in [0.717, 1.165) is 42.7 Å². The molecule has 0 aliphatic carbocycles. The molecule has 2 rings (SSSR count). The molecule has 0 aromatic heterocycles. The van der Waals surface area contributed by atoms with Gasteiger partial charge in [-0.25, -0.2) is 0 Å². The highest BCUT2D eigenvalue weighted by Crippen LogP contribution is 2.29. The van der Waals surface area contributed by atoms with Gasteiger partial charge >= 0.3 is 0 Å². The molecule has 1 aromatic rings. The van der Waals surface area contributed by atoms with Gasteiger partial charge in [0.25, 0.3) is 0 Å². The van der Waals surface area contributed by atoms with E-state index in [0.29, 0.717) is 0 Å². The molecule has 0 bridgehead atoms. The zero-order chi connectivity index (χ0) is 12.8. The van der Waals surface area contributed by atoms with E-state index in [4.69, 9.17) is 9.47 Å². The number of anilines is 1. The number of methoxy groups -OCH3 is 2. The number of hydrogen-bond donors (Lipinski definition) is 2. The van der Waals surface area contributed by atoms with Gasteiger partial charge in [-0.05, 0) is 44.0 Å². The molecule has 1 aliphatic heterocycles. The Labute approximate surface area is 109 Å². The summed E-state index contributed by atoms with van der Waals surface area (Å²) in [6, 6.07) is 5.95. The van der Waals surface area contributed by atoms with Crippen molar-refractivity contribution in [3.05, 3.63) is 18.2 Å². The Morgan fingerprint density at radius 1 is 1.17 bits per heavy atom. The number of ether oxygens (including phenoxy) is 2. The molecule has 4 nitrogen and oxygen atoms in total. The molecule has 1 aliphatic rings. The van der Waals surface area contributed by atoms with E-state index in [1.807, 2.05) is 18.2 Å². The predicted octanol–water partition coefficient (Wildman–Crippen LogP) is 2.12. The number of nitrogens with one attached hydrogen (secondary N) is 2. The van der Waals surface area contributed by atoms with Gasteiger partial charge in [0.05, 0.1) is 14.2 Å². The zero-order valence-electron chi connectivity index (χ0n) is 11.2. The molecule has 0 spiro atoms. The molecule has 1 heterocycles. The van der Waals surface area contributed by atoms with Crippen molar-refractivity contribution in [2.45, 2.75) is 12.8 Å². The van der Waals surface area contributed by atoms with E-state index in [1.54, 1.807) is 14.2 Å². The van der Waals surface area contributed by atoms with Crippen LogP contribution in [0.15, 0.2) is 18.2 Å². The monoisotopic (exact) mass is 250 g/mol. The topological polar surface area (TPSA) is 42.5 Å². The van der Waals surface area contributed by atoms with Crippen LogP contribution in [-0.4, -0.2) is 33.9 Å². The Kier molecular flexibility index (Phi) is 4.70. The number of piperidine rings is 1. The lowest BCUT2D eigenvalue weighted by molar-refractivity contribution is 0.355. The fraction of sp³-hybridized carbons (Fsp3) is 0.571. The summed E-state index contributed by atoms with van der Waals surface area (Å²) in [6.07, 6.45) is 2.50. The SMILES string of the molecule is COc1ccc(NCC2CCNCC2)cc1OC. The Hall–Kier alpha value is -1.42. The van der Waals surface area contributed by atoms with Crippen LogP contribution in [0.4, 0.5) is 5.69 Å². The second-order valence-corrected chi connectivity index (χ2v) is 4.64. The maximum Gasteiger partial charge on any atom is 0.162 e. The molecule has 0 radical (unpaired) electrons. The molecular formula is C14H22N2O2. The van der Waals surface area contributed by atoms with E-state index in [9.17, 15) is 0 Å².